The minimum absolute atomic E-state index is 0.0723. The standard InChI is InChI=1S/C28H25NO5/c1-17-5-3-6-19(15-17)25-24(26(30)20-8-13-23-18(16-20)7-4-14-34-23)27(31)28(32)29(25)21-9-11-22(33-2)12-10-21/h3,5-6,8-13,15-16,25,30H,4,7,14H2,1-2H3/b26-24-. The molecule has 2 aliphatic rings. The van der Waals surface area contributed by atoms with Crippen LogP contribution in [-0.2, 0) is 16.0 Å². The number of methoxy groups -OCH3 is 1. The van der Waals surface area contributed by atoms with Gasteiger partial charge in [0.25, 0.3) is 11.7 Å². The van der Waals surface area contributed by atoms with Gasteiger partial charge in [-0.15, -0.1) is 0 Å². The van der Waals surface area contributed by atoms with Gasteiger partial charge >= 0.3 is 0 Å². The number of benzene rings is 3. The SMILES string of the molecule is COc1ccc(N2C(=O)C(=O)/C(=C(\O)c3ccc4c(c3)CCCO4)C2c2cccc(C)c2)cc1. The quantitative estimate of drug-likeness (QED) is 0.342. The number of aliphatic hydroxyl groups is 1. The van der Waals surface area contributed by atoms with Gasteiger partial charge in [-0.3, -0.25) is 14.5 Å². The van der Waals surface area contributed by atoms with E-state index in [-0.39, 0.29) is 11.3 Å². The number of carbonyl (C=O) groups excluding carboxylic acids is 2. The van der Waals surface area contributed by atoms with Crippen molar-refractivity contribution >= 4 is 23.1 Å². The third kappa shape index (κ3) is 3.71. The number of aliphatic hydroxyl groups excluding tert-OH is 1. The molecule has 1 N–H and O–H groups in total. The summed E-state index contributed by atoms with van der Waals surface area (Å²) in [7, 11) is 1.57. The first-order chi connectivity index (χ1) is 16.5. The van der Waals surface area contributed by atoms with E-state index in [1.165, 1.54) is 4.90 Å². The number of aryl methyl sites for hydroxylation is 2. The molecule has 0 radical (unpaired) electrons. The number of hydrogen-bond donors (Lipinski definition) is 1. The molecule has 1 amide bonds. The summed E-state index contributed by atoms with van der Waals surface area (Å²) in [6, 6.07) is 19.2. The van der Waals surface area contributed by atoms with Crippen molar-refractivity contribution in [1.82, 2.24) is 0 Å². The molecule has 1 saturated heterocycles. The molecule has 0 bridgehead atoms. The maximum absolute atomic E-state index is 13.3. The Morgan fingerprint density at radius 3 is 2.59 bits per heavy atom. The van der Waals surface area contributed by atoms with Crippen molar-refractivity contribution in [1.29, 1.82) is 0 Å². The van der Waals surface area contributed by atoms with Crippen molar-refractivity contribution in [3.8, 4) is 11.5 Å². The summed E-state index contributed by atoms with van der Waals surface area (Å²) in [6.45, 7) is 2.62. The second-order valence-electron chi connectivity index (χ2n) is 8.56. The van der Waals surface area contributed by atoms with Crippen LogP contribution in [0.3, 0.4) is 0 Å². The number of rotatable bonds is 4. The largest absolute Gasteiger partial charge is 0.507 e. The van der Waals surface area contributed by atoms with Gasteiger partial charge in [-0.2, -0.15) is 0 Å². The smallest absolute Gasteiger partial charge is 0.300 e. The molecule has 3 aromatic rings. The molecule has 1 fully saturated rings. The van der Waals surface area contributed by atoms with E-state index in [1.54, 1.807) is 37.4 Å². The lowest BCUT2D eigenvalue weighted by molar-refractivity contribution is -0.132. The Bertz CT molecular complexity index is 1310. The van der Waals surface area contributed by atoms with Crippen molar-refractivity contribution in [2.75, 3.05) is 18.6 Å². The van der Waals surface area contributed by atoms with E-state index in [1.807, 2.05) is 43.3 Å². The van der Waals surface area contributed by atoms with Crippen LogP contribution in [0.2, 0.25) is 0 Å². The highest BCUT2D eigenvalue weighted by molar-refractivity contribution is 6.51. The van der Waals surface area contributed by atoms with Crippen molar-refractivity contribution in [2.45, 2.75) is 25.8 Å². The molecule has 0 aromatic heterocycles. The maximum Gasteiger partial charge on any atom is 0.300 e. The maximum atomic E-state index is 13.3. The average molecular weight is 456 g/mol. The second-order valence-corrected chi connectivity index (χ2v) is 8.56. The van der Waals surface area contributed by atoms with Crippen LogP contribution in [0, 0.1) is 6.92 Å². The summed E-state index contributed by atoms with van der Waals surface area (Å²) >= 11 is 0. The first kappa shape index (κ1) is 21.8. The lowest BCUT2D eigenvalue weighted by atomic mass is 9.93. The van der Waals surface area contributed by atoms with E-state index in [2.05, 4.69) is 0 Å². The van der Waals surface area contributed by atoms with E-state index in [0.29, 0.717) is 23.6 Å². The zero-order valence-electron chi connectivity index (χ0n) is 19.1. The summed E-state index contributed by atoms with van der Waals surface area (Å²) in [5, 5.41) is 11.4. The molecule has 34 heavy (non-hydrogen) atoms. The van der Waals surface area contributed by atoms with E-state index in [4.69, 9.17) is 9.47 Å². The minimum Gasteiger partial charge on any atom is -0.507 e. The average Bonchev–Trinajstić information content (AvgIpc) is 3.13. The van der Waals surface area contributed by atoms with Crippen LogP contribution in [0.4, 0.5) is 5.69 Å². The highest BCUT2D eigenvalue weighted by Crippen LogP contribution is 2.43. The number of nitrogens with zero attached hydrogens (tertiary/aromatic N) is 1. The molecule has 1 unspecified atom stereocenters. The molecule has 1 atom stereocenters. The van der Waals surface area contributed by atoms with Crippen LogP contribution in [-0.4, -0.2) is 30.5 Å². The van der Waals surface area contributed by atoms with Crippen LogP contribution in [0.15, 0.2) is 72.3 Å². The van der Waals surface area contributed by atoms with E-state index < -0.39 is 17.7 Å². The molecular weight excluding hydrogens is 430 g/mol. The zero-order chi connectivity index (χ0) is 23.8. The second kappa shape index (κ2) is 8.71. The number of anilines is 1. The Morgan fingerprint density at radius 1 is 1.06 bits per heavy atom. The Labute approximate surface area is 198 Å². The van der Waals surface area contributed by atoms with Gasteiger partial charge in [0.2, 0.25) is 0 Å². The molecule has 6 nitrogen and oxygen atoms in total. The summed E-state index contributed by atoms with van der Waals surface area (Å²) in [5.41, 5.74) is 3.83. The molecule has 2 heterocycles. The van der Waals surface area contributed by atoms with Crippen LogP contribution in [0.1, 0.15) is 34.7 Å². The number of ether oxygens (including phenoxy) is 2. The van der Waals surface area contributed by atoms with Gasteiger partial charge in [-0.05, 0) is 73.4 Å². The Morgan fingerprint density at radius 2 is 1.85 bits per heavy atom. The predicted octanol–water partition coefficient (Wildman–Crippen LogP) is 4.95. The molecular formula is C28H25NO5. The fourth-order valence-corrected chi connectivity index (χ4v) is 4.66. The molecule has 0 saturated carbocycles. The first-order valence-corrected chi connectivity index (χ1v) is 11.3. The Kier molecular flexibility index (Phi) is 5.57. The zero-order valence-corrected chi connectivity index (χ0v) is 19.1. The van der Waals surface area contributed by atoms with Gasteiger partial charge in [0, 0.05) is 11.3 Å². The van der Waals surface area contributed by atoms with Crippen molar-refractivity contribution < 1.29 is 24.2 Å². The van der Waals surface area contributed by atoms with Gasteiger partial charge in [0.05, 0.1) is 25.3 Å². The predicted molar refractivity (Wildman–Crippen MR) is 129 cm³/mol. The Balaban J connectivity index is 1.68. The Hall–Kier alpha value is -4.06. The number of amides is 1. The van der Waals surface area contributed by atoms with Crippen LogP contribution >= 0.6 is 0 Å². The normalized spacial score (nSPS) is 19.0. The summed E-state index contributed by atoms with van der Waals surface area (Å²) in [5.74, 6) is -0.150. The summed E-state index contributed by atoms with van der Waals surface area (Å²) in [6.07, 6.45) is 1.72. The van der Waals surface area contributed by atoms with Crippen LogP contribution in [0.5, 0.6) is 11.5 Å². The first-order valence-electron chi connectivity index (χ1n) is 11.3. The molecule has 5 rings (SSSR count). The monoisotopic (exact) mass is 455 g/mol. The van der Waals surface area contributed by atoms with Gasteiger partial charge in [0.15, 0.2) is 0 Å². The van der Waals surface area contributed by atoms with Crippen molar-refractivity contribution in [3.05, 3.63) is 94.6 Å². The molecule has 172 valence electrons. The number of fused-ring (bicyclic) bond motifs is 1. The van der Waals surface area contributed by atoms with E-state index >= 15 is 0 Å². The molecule has 2 aliphatic heterocycles. The van der Waals surface area contributed by atoms with Gasteiger partial charge in [0.1, 0.15) is 17.3 Å². The molecule has 0 aliphatic carbocycles. The van der Waals surface area contributed by atoms with E-state index in [9.17, 15) is 14.7 Å². The highest BCUT2D eigenvalue weighted by atomic mass is 16.5. The fourth-order valence-electron chi connectivity index (χ4n) is 4.66. The summed E-state index contributed by atoms with van der Waals surface area (Å²) < 4.78 is 10.9. The van der Waals surface area contributed by atoms with Gasteiger partial charge in [-0.1, -0.05) is 29.8 Å². The number of carbonyl (C=O) groups is 2. The lowest BCUT2D eigenvalue weighted by Crippen LogP contribution is -2.29. The highest BCUT2D eigenvalue weighted by Gasteiger charge is 2.47. The fraction of sp³-hybridized carbons (Fsp3) is 0.214. The van der Waals surface area contributed by atoms with Gasteiger partial charge in [-0.25, -0.2) is 0 Å². The number of Topliss-reactive ketones (excluding diaryl/α,β-unsaturated/α-hetero) is 1. The molecule has 6 heteroatoms. The van der Waals surface area contributed by atoms with Crippen LogP contribution < -0.4 is 14.4 Å². The van der Waals surface area contributed by atoms with Crippen molar-refractivity contribution in [3.63, 3.8) is 0 Å². The minimum atomic E-state index is -0.763. The topological polar surface area (TPSA) is 76.1 Å². The molecule has 3 aromatic carbocycles. The summed E-state index contributed by atoms with van der Waals surface area (Å²) in [4.78, 5) is 28.1. The number of ketones is 1. The van der Waals surface area contributed by atoms with Gasteiger partial charge < -0.3 is 14.6 Å². The number of hydrogen-bond acceptors (Lipinski definition) is 5. The molecule has 0 spiro atoms. The van der Waals surface area contributed by atoms with Crippen molar-refractivity contribution in [2.24, 2.45) is 0 Å². The van der Waals surface area contributed by atoms with Crippen LogP contribution in [0.25, 0.3) is 5.76 Å². The third-order valence-corrected chi connectivity index (χ3v) is 6.33. The van der Waals surface area contributed by atoms with E-state index in [0.717, 1.165) is 35.3 Å². The lowest BCUT2D eigenvalue weighted by Gasteiger charge is -2.26. The third-order valence-electron chi connectivity index (χ3n) is 6.33.